The summed E-state index contributed by atoms with van der Waals surface area (Å²) in [6.07, 6.45) is 3.71. The van der Waals surface area contributed by atoms with Crippen LogP contribution < -0.4 is 15.4 Å². The summed E-state index contributed by atoms with van der Waals surface area (Å²) in [6.45, 7) is 2.71. The van der Waals surface area contributed by atoms with Gasteiger partial charge in [0, 0.05) is 13.1 Å². The van der Waals surface area contributed by atoms with E-state index in [1.807, 2.05) is 0 Å². The minimum atomic E-state index is -3.14. The number of amides is 1. The molecule has 0 aromatic rings. The van der Waals surface area contributed by atoms with Gasteiger partial charge >= 0.3 is 0 Å². The van der Waals surface area contributed by atoms with Crippen LogP contribution in [0.3, 0.4) is 0 Å². The predicted molar refractivity (Wildman–Crippen MR) is 72.3 cm³/mol. The maximum Gasteiger partial charge on any atom is 0.246 e. The minimum absolute atomic E-state index is 0.0736. The first kappa shape index (κ1) is 16.4. The van der Waals surface area contributed by atoms with E-state index in [1.165, 1.54) is 0 Å². The van der Waals surface area contributed by atoms with Gasteiger partial charge in [0.25, 0.3) is 0 Å². The van der Waals surface area contributed by atoms with Crippen LogP contribution in [-0.2, 0) is 19.6 Å². The van der Waals surface area contributed by atoms with Crippen molar-refractivity contribution in [3.05, 3.63) is 0 Å². The SMILES string of the molecule is CS(=O)(=O)NCCCNC(=O)COC1CCNCC1. The predicted octanol–water partition coefficient (Wildman–Crippen LogP) is -1.19. The first-order chi connectivity index (χ1) is 8.97. The highest BCUT2D eigenvalue weighted by Gasteiger charge is 2.14. The van der Waals surface area contributed by atoms with Crippen molar-refractivity contribution in [1.82, 2.24) is 15.4 Å². The van der Waals surface area contributed by atoms with Crippen molar-refractivity contribution in [1.29, 1.82) is 0 Å². The number of carbonyl (C=O) groups excluding carboxylic acids is 1. The van der Waals surface area contributed by atoms with Crippen molar-refractivity contribution in [2.45, 2.75) is 25.4 Å². The van der Waals surface area contributed by atoms with E-state index < -0.39 is 10.0 Å². The molecule has 0 aliphatic carbocycles. The molecule has 0 bridgehead atoms. The second-order valence-corrected chi connectivity index (χ2v) is 6.46. The number of hydrogen-bond acceptors (Lipinski definition) is 5. The minimum Gasteiger partial charge on any atom is -0.368 e. The average molecular weight is 293 g/mol. The third kappa shape index (κ3) is 8.93. The summed E-state index contributed by atoms with van der Waals surface area (Å²) in [5.41, 5.74) is 0. The van der Waals surface area contributed by atoms with E-state index in [4.69, 9.17) is 4.74 Å². The Morgan fingerprint density at radius 2 is 2.00 bits per heavy atom. The largest absolute Gasteiger partial charge is 0.368 e. The van der Waals surface area contributed by atoms with E-state index in [9.17, 15) is 13.2 Å². The highest BCUT2D eigenvalue weighted by atomic mass is 32.2. The highest BCUT2D eigenvalue weighted by molar-refractivity contribution is 7.88. The van der Waals surface area contributed by atoms with Crippen LogP contribution >= 0.6 is 0 Å². The molecule has 0 radical (unpaired) electrons. The lowest BCUT2D eigenvalue weighted by Crippen LogP contribution is -2.36. The summed E-state index contributed by atoms with van der Waals surface area (Å²) in [5.74, 6) is -0.155. The number of carbonyl (C=O) groups is 1. The van der Waals surface area contributed by atoms with Crippen molar-refractivity contribution in [2.75, 3.05) is 39.0 Å². The fraction of sp³-hybridized carbons (Fsp3) is 0.909. The molecule has 1 fully saturated rings. The fourth-order valence-corrected chi connectivity index (χ4v) is 2.30. The zero-order valence-corrected chi connectivity index (χ0v) is 12.1. The van der Waals surface area contributed by atoms with Crippen molar-refractivity contribution in [3.8, 4) is 0 Å². The molecular weight excluding hydrogens is 270 g/mol. The zero-order chi connectivity index (χ0) is 14.1. The van der Waals surface area contributed by atoms with E-state index in [0.29, 0.717) is 19.5 Å². The summed E-state index contributed by atoms with van der Waals surface area (Å²) in [7, 11) is -3.14. The first-order valence-corrected chi connectivity index (χ1v) is 8.40. The normalized spacial score (nSPS) is 17.3. The topological polar surface area (TPSA) is 96.5 Å². The van der Waals surface area contributed by atoms with E-state index in [1.54, 1.807) is 0 Å². The van der Waals surface area contributed by atoms with Gasteiger partial charge in [-0.2, -0.15) is 0 Å². The van der Waals surface area contributed by atoms with Crippen LogP contribution in [0.15, 0.2) is 0 Å². The Hall–Kier alpha value is -0.700. The summed E-state index contributed by atoms with van der Waals surface area (Å²) < 4.78 is 29.4. The summed E-state index contributed by atoms with van der Waals surface area (Å²) in [4.78, 5) is 11.5. The third-order valence-electron chi connectivity index (χ3n) is 2.78. The first-order valence-electron chi connectivity index (χ1n) is 6.51. The van der Waals surface area contributed by atoms with Gasteiger partial charge in [-0.15, -0.1) is 0 Å². The highest BCUT2D eigenvalue weighted by Crippen LogP contribution is 2.06. The van der Waals surface area contributed by atoms with Gasteiger partial charge in [0.05, 0.1) is 12.4 Å². The van der Waals surface area contributed by atoms with Crippen molar-refractivity contribution in [2.24, 2.45) is 0 Å². The van der Waals surface area contributed by atoms with Crippen LogP contribution in [-0.4, -0.2) is 59.5 Å². The average Bonchev–Trinajstić information content (AvgIpc) is 2.36. The molecular formula is C11H23N3O4S. The molecule has 0 unspecified atom stereocenters. The van der Waals surface area contributed by atoms with Gasteiger partial charge in [0.15, 0.2) is 0 Å². The van der Waals surface area contributed by atoms with Crippen LogP contribution in [0.1, 0.15) is 19.3 Å². The summed E-state index contributed by atoms with van der Waals surface area (Å²) in [6, 6.07) is 0. The second-order valence-electron chi connectivity index (χ2n) is 4.63. The lowest BCUT2D eigenvalue weighted by molar-refractivity contribution is -0.128. The van der Waals surface area contributed by atoms with Gasteiger partial charge in [-0.05, 0) is 32.4 Å². The maximum atomic E-state index is 11.5. The molecule has 0 aromatic heterocycles. The van der Waals surface area contributed by atoms with Crippen LogP contribution in [0.4, 0.5) is 0 Å². The quantitative estimate of drug-likeness (QED) is 0.489. The molecule has 0 spiro atoms. The molecule has 1 aliphatic heterocycles. The molecule has 0 atom stereocenters. The maximum absolute atomic E-state index is 11.5. The molecule has 8 heteroatoms. The molecule has 0 aromatic carbocycles. The molecule has 1 heterocycles. The lowest BCUT2D eigenvalue weighted by atomic mass is 10.1. The molecule has 0 saturated carbocycles. The molecule has 1 aliphatic rings. The van der Waals surface area contributed by atoms with E-state index in [2.05, 4.69) is 15.4 Å². The standard InChI is InChI=1S/C11H23N3O4S/c1-19(16,17)14-6-2-5-13-11(15)9-18-10-3-7-12-8-4-10/h10,12,14H,2-9H2,1H3,(H,13,15). The van der Waals surface area contributed by atoms with Gasteiger partial charge in [-0.25, -0.2) is 13.1 Å². The van der Waals surface area contributed by atoms with E-state index in [0.717, 1.165) is 32.2 Å². The Kier molecular flexibility index (Phi) is 7.29. The molecule has 112 valence electrons. The van der Waals surface area contributed by atoms with Crippen LogP contribution in [0.25, 0.3) is 0 Å². The van der Waals surface area contributed by atoms with Gasteiger partial charge in [-0.3, -0.25) is 4.79 Å². The molecule has 1 rings (SSSR count). The van der Waals surface area contributed by atoms with Crippen LogP contribution in [0.5, 0.6) is 0 Å². The Morgan fingerprint density at radius 3 is 2.63 bits per heavy atom. The Labute approximate surface area is 114 Å². The smallest absolute Gasteiger partial charge is 0.246 e. The molecule has 19 heavy (non-hydrogen) atoms. The van der Waals surface area contributed by atoms with Gasteiger partial charge in [0.2, 0.25) is 15.9 Å². The van der Waals surface area contributed by atoms with Crippen molar-refractivity contribution < 1.29 is 17.9 Å². The number of piperidine rings is 1. The fourth-order valence-electron chi connectivity index (χ4n) is 1.78. The van der Waals surface area contributed by atoms with E-state index in [-0.39, 0.29) is 18.6 Å². The molecule has 1 saturated heterocycles. The lowest BCUT2D eigenvalue weighted by Gasteiger charge is -2.22. The zero-order valence-electron chi connectivity index (χ0n) is 11.3. The van der Waals surface area contributed by atoms with Crippen LogP contribution in [0.2, 0.25) is 0 Å². The molecule has 3 N–H and O–H groups in total. The number of ether oxygens (including phenoxy) is 1. The van der Waals surface area contributed by atoms with E-state index >= 15 is 0 Å². The van der Waals surface area contributed by atoms with Crippen molar-refractivity contribution in [3.63, 3.8) is 0 Å². The number of nitrogens with one attached hydrogen (secondary N) is 3. The van der Waals surface area contributed by atoms with Crippen molar-refractivity contribution >= 4 is 15.9 Å². The Balaban J connectivity index is 1.98. The van der Waals surface area contributed by atoms with Crippen LogP contribution in [0, 0.1) is 0 Å². The summed E-state index contributed by atoms with van der Waals surface area (Å²) >= 11 is 0. The second kappa shape index (κ2) is 8.47. The molecule has 7 nitrogen and oxygen atoms in total. The Bertz CT molecular complexity index is 366. The third-order valence-corrected chi connectivity index (χ3v) is 3.50. The number of rotatable bonds is 8. The molecule has 1 amide bonds. The monoisotopic (exact) mass is 293 g/mol. The van der Waals surface area contributed by atoms with Gasteiger partial charge in [-0.1, -0.05) is 0 Å². The Morgan fingerprint density at radius 1 is 1.32 bits per heavy atom. The summed E-state index contributed by atoms with van der Waals surface area (Å²) in [5, 5.41) is 5.92. The number of hydrogen-bond donors (Lipinski definition) is 3. The van der Waals surface area contributed by atoms with Gasteiger partial charge < -0.3 is 15.4 Å². The number of sulfonamides is 1. The van der Waals surface area contributed by atoms with Gasteiger partial charge in [0.1, 0.15) is 6.61 Å².